The molecule has 0 unspecified atom stereocenters. The molecule has 0 bridgehead atoms. The molecule has 0 N–H and O–H groups in total. The Kier molecular flexibility index (Phi) is 12.2. The molecule has 0 atom stereocenters. The Morgan fingerprint density at radius 2 is 1.27 bits per heavy atom. The van der Waals surface area contributed by atoms with E-state index in [4.69, 9.17) is 0 Å². The van der Waals surface area contributed by atoms with E-state index in [-0.39, 0.29) is 23.9 Å². The molecule has 0 aromatic carbocycles. The predicted molar refractivity (Wildman–Crippen MR) is 52.4 cm³/mol. The number of nitrogens with zero attached hydrogens (tertiary/aromatic N) is 2. The normalized spacial score (nSPS) is 7.64. The SMILES string of the molecule is CN(C)C.[SnH2].c1ccncc1. The van der Waals surface area contributed by atoms with Crippen molar-refractivity contribution in [3.63, 3.8) is 0 Å². The van der Waals surface area contributed by atoms with Crippen LogP contribution >= 0.6 is 0 Å². The minimum atomic E-state index is 0. The molecule has 0 aliphatic rings. The Bertz CT molecular complexity index is 113. The van der Waals surface area contributed by atoms with E-state index in [1.807, 2.05) is 44.2 Å². The van der Waals surface area contributed by atoms with Gasteiger partial charge in [0.05, 0.1) is 0 Å². The monoisotopic (exact) mass is 260 g/mol. The number of pyridine rings is 1. The van der Waals surface area contributed by atoms with Crippen molar-refractivity contribution in [2.45, 2.75) is 0 Å². The van der Waals surface area contributed by atoms with Crippen LogP contribution in [0.25, 0.3) is 0 Å². The molecule has 3 heteroatoms. The van der Waals surface area contributed by atoms with Crippen LogP contribution in [0.15, 0.2) is 30.6 Å². The molecule has 0 spiro atoms. The van der Waals surface area contributed by atoms with Crippen molar-refractivity contribution >= 4 is 23.9 Å². The molecule has 62 valence electrons. The molecule has 1 aromatic rings. The fourth-order valence-electron chi connectivity index (χ4n) is 0.313. The zero-order valence-corrected chi connectivity index (χ0v) is 11.5. The van der Waals surface area contributed by atoms with Gasteiger partial charge in [0.15, 0.2) is 0 Å². The third-order valence-electron chi connectivity index (χ3n) is 0.566. The molecule has 0 aliphatic carbocycles. The summed E-state index contributed by atoms with van der Waals surface area (Å²) < 4.78 is 0. The van der Waals surface area contributed by atoms with Gasteiger partial charge in [0.25, 0.3) is 0 Å². The second kappa shape index (κ2) is 9.91. The summed E-state index contributed by atoms with van der Waals surface area (Å²) in [6, 6.07) is 5.72. The maximum atomic E-state index is 3.78. The van der Waals surface area contributed by atoms with Gasteiger partial charge in [-0.05, 0) is 33.3 Å². The van der Waals surface area contributed by atoms with Crippen LogP contribution in [0.3, 0.4) is 0 Å². The Labute approximate surface area is 85.6 Å². The van der Waals surface area contributed by atoms with Crippen molar-refractivity contribution in [3.8, 4) is 0 Å². The molecule has 1 rings (SSSR count). The van der Waals surface area contributed by atoms with E-state index in [2.05, 4.69) is 4.98 Å². The van der Waals surface area contributed by atoms with E-state index in [1.54, 1.807) is 12.4 Å². The molecule has 2 radical (unpaired) electrons. The quantitative estimate of drug-likeness (QED) is 0.625. The number of rotatable bonds is 0. The first-order chi connectivity index (χ1) is 4.73. The average Bonchev–Trinajstić information content (AvgIpc) is 1.90. The van der Waals surface area contributed by atoms with Crippen LogP contribution in [-0.4, -0.2) is 54.9 Å². The summed E-state index contributed by atoms with van der Waals surface area (Å²) in [7, 11) is 6.00. The van der Waals surface area contributed by atoms with Gasteiger partial charge in [0.1, 0.15) is 0 Å². The first-order valence-corrected chi connectivity index (χ1v) is 3.19. The Morgan fingerprint density at radius 3 is 1.36 bits per heavy atom. The number of aromatic nitrogens is 1. The van der Waals surface area contributed by atoms with Crippen LogP contribution in [0, 0.1) is 0 Å². The van der Waals surface area contributed by atoms with Gasteiger partial charge in [-0.15, -0.1) is 0 Å². The third kappa shape index (κ3) is 17.8. The van der Waals surface area contributed by atoms with Gasteiger partial charge in [-0.3, -0.25) is 4.98 Å². The van der Waals surface area contributed by atoms with Crippen molar-refractivity contribution in [3.05, 3.63) is 30.6 Å². The summed E-state index contributed by atoms with van der Waals surface area (Å²) in [5, 5.41) is 0. The van der Waals surface area contributed by atoms with Gasteiger partial charge in [-0.2, -0.15) is 0 Å². The van der Waals surface area contributed by atoms with Gasteiger partial charge in [0.2, 0.25) is 0 Å². The Morgan fingerprint density at radius 1 is 0.909 bits per heavy atom. The van der Waals surface area contributed by atoms with Gasteiger partial charge < -0.3 is 4.90 Å². The molecule has 0 saturated carbocycles. The maximum Gasteiger partial charge on any atom is 0.0267 e. The molecule has 0 aliphatic heterocycles. The summed E-state index contributed by atoms with van der Waals surface area (Å²) >= 11 is 0. The fraction of sp³-hybridized carbons (Fsp3) is 0.375. The summed E-state index contributed by atoms with van der Waals surface area (Å²) in [6.07, 6.45) is 3.50. The summed E-state index contributed by atoms with van der Waals surface area (Å²) in [6.45, 7) is 0. The topological polar surface area (TPSA) is 16.1 Å². The summed E-state index contributed by atoms with van der Waals surface area (Å²) in [5.74, 6) is 0. The Hall–Kier alpha value is -0.0913. The van der Waals surface area contributed by atoms with Crippen molar-refractivity contribution < 1.29 is 0 Å². The minimum absolute atomic E-state index is 0. The van der Waals surface area contributed by atoms with E-state index >= 15 is 0 Å². The molecule has 1 aromatic heterocycles. The fourth-order valence-corrected chi connectivity index (χ4v) is 0.313. The van der Waals surface area contributed by atoms with E-state index in [0.29, 0.717) is 0 Å². The van der Waals surface area contributed by atoms with E-state index in [1.165, 1.54) is 0 Å². The van der Waals surface area contributed by atoms with Crippen LogP contribution in [-0.2, 0) is 0 Å². The first-order valence-electron chi connectivity index (χ1n) is 3.19. The van der Waals surface area contributed by atoms with Crippen molar-refractivity contribution in [1.82, 2.24) is 9.88 Å². The second-order valence-corrected chi connectivity index (χ2v) is 2.37. The van der Waals surface area contributed by atoms with Crippen LogP contribution in [0.5, 0.6) is 0 Å². The van der Waals surface area contributed by atoms with Crippen molar-refractivity contribution in [1.29, 1.82) is 0 Å². The molecule has 2 nitrogen and oxygen atoms in total. The molecule has 0 amide bonds. The number of hydrogen-bond acceptors (Lipinski definition) is 2. The zero-order valence-electron chi connectivity index (χ0n) is 7.49. The summed E-state index contributed by atoms with van der Waals surface area (Å²) in [4.78, 5) is 5.78. The molecule has 0 fully saturated rings. The maximum absolute atomic E-state index is 3.78. The molecular formula is C8H16N2Sn. The summed E-state index contributed by atoms with van der Waals surface area (Å²) in [5.41, 5.74) is 0. The van der Waals surface area contributed by atoms with Gasteiger partial charge in [-0.1, -0.05) is 6.07 Å². The van der Waals surface area contributed by atoms with Crippen LogP contribution in [0.1, 0.15) is 0 Å². The average molecular weight is 259 g/mol. The van der Waals surface area contributed by atoms with E-state index < -0.39 is 0 Å². The number of hydrogen-bond donors (Lipinski definition) is 0. The van der Waals surface area contributed by atoms with Gasteiger partial charge in [-0.25, -0.2) is 0 Å². The second-order valence-electron chi connectivity index (χ2n) is 2.37. The third-order valence-corrected chi connectivity index (χ3v) is 0.566. The smallest absolute Gasteiger partial charge is 0.0267 e. The largest absolute Gasteiger partial charge is 0.265 e. The van der Waals surface area contributed by atoms with Crippen LogP contribution < -0.4 is 0 Å². The van der Waals surface area contributed by atoms with Crippen molar-refractivity contribution in [2.75, 3.05) is 21.1 Å². The van der Waals surface area contributed by atoms with E-state index in [0.717, 1.165) is 0 Å². The van der Waals surface area contributed by atoms with Crippen LogP contribution in [0.2, 0.25) is 0 Å². The molecule has 1 heterocycles. The zero-order chi connectivity index (χ0) is 7.82. The first kappa shape index (κ1) is 13.5. The molecule has 0 saturated heterocycles. The standard InChI is InChI=1S/C5H5N.C3H9N.Sn.2H/c1-2-4-6-5-3-1;1-4(2)3;;;/h1-5H;1-3H3;;;. The Balaban J connectivity index is 0. The van der Waals surface area contributed by atoms with Crippen molar-refractivity contribution in [2.24, 2.45) is 0 Å². The van der Waals surface area contributed by atoms with Gasteiger partial charge in [0, 0.05) is 12.4 Å². The van der Waals surface area contributed by atoms with Crippen LogP contribution in [0.4, 0.5) is 0 Å². The van der Waals surface area contributed by atoms with Gasteiger partial charge >= 0.3 is 23.9 Å². The minimum Gasteiger partial charge on any atom is -0.265 e. The molecular weight excluding hydrogens is 243 g/mol. The molecule has 11 heavy (non-hydrogen) atoms. The van der Waals surface area contributed by atoms with E-state index in [9.17, 15) is 0 Å². The predicted octanol–water partition coefficient (Wildman–Crippen LogP) is 0.343.